The third kappa shape index (κ3) is 2.86. The molecule has 4 aromatic heterocycles. The molecule has 1 fully saturated rings. The molecule has 6 rings (SSSR count). The van der Waals surface area contributed by atoms with E-state index in [4.69, 9.17) is 9.97 Å². The monoisotopic (exact) mass is 399 g/mol. The number of imidazole rings is 2. The highest BCUT2D eigenvalue weighted by Crippen LogP contribution is 2.33. The summed E-state index contributed by atoms with van der Waals surface area (Å²) in [5.41, 5.74) is 6.04. The van der Waals surface area contributed by atoms with Crippen LogP contribution in [0.15, 0.2) is 60.6 Å². The van der Waals surface area contributed by atoms with Gasteiger partial charge in [-0.2, -0.15) is 0 Å². The lowest BCUT2D eigenvalue weighted by molar-refractivity contribution is 0.359. The van der Waals surface area contributed by atoms with E-state index in [1.165, 1.54) is 37.6 Å². The van der Waals surface area contributed by atoms with Crippen LogP contribution in [0.25, 0.3) is 38.5 Å². The van der Waals surface area contributed by atoms with Gasteiger partial charge in [0.2, 0.25) is 0 Å². The van der Waals surface area contributed by atoms with Crippen molar-refractivity contribution in [2.24, 2.45) is 0 Å². The number of hydrogen-bond donors (Lipinski definition) is 0. The summed E-state index contributed by atoms with van der Waals surface area (Å²) in [6.45, 7) is 0. The molecule has 0 aliphatic heterocycles. The Labute approximate surface area is 172 Å². The molecule has 1 saturated carbocycles. The fraction of sp³-hybridized carbons (Fsp3) is 0.261. The van der Waals surface area contributed by atoms with Gasteiger partial charge in [0.1, 0.15) is 5.69 Å². The van der Waals surface area contributed by atoms with E-state index in [0.29, 0.717) is 6.04 Å². The Kier molecular flexibility index (Phi) is 3.97. The molecule has 0 spiro atoms. The molecule has 5 nitrogen and oxygen atoms in total. The van der Waals surface area contributed by atoms with Crippen LogP contribution < -0.4 is 0 Å². The largest absolute Gasteiger partial charge is 0.327 e. The lowest BCUT2D eigenvalue weighted by Crippen LogP contribution is -2.11. The van der Waals surface area contributed by atoms with E-state index >= 15 is 0 Å². The van der Waals surface area contributed by atoms with Crippen LogP contribution in [0, 0.1) is 0 Å². The van der Waals surface area contributed by atoms with Crippen LogP contribution in [0.1, 0.15) is 38.1 Å². The van der Waals surface area contributed by atoms with E-state index in [1.807, 2.05) is 24.9 Å². The Balaban J connectivity index is 1.48. The van der Waals surface area contributed by atoms with Crippen molar-refractivity contribution in [3.8, 4) is 21.8 Å². The summed E-state index contributed by atoms with van der Waals surface area (Å²) in [6.07, 6.45) is 14.4. The first-order chi connectivity index (χ1) is 14.4. The van der Waals surface area contributed by atoms with E-state index in [1.54, 1.807) is 11.3 Å². The van der Waals surface area contributed by atoms with Gasteiger partial charge in [-0.15, -0.1) is 11.3 Å². The van der Waals surface area contributed by atoms with Gasteiger partial charge in [0.05, 0.1) is 27.9 Å². The molecule has 0 bridgehead atoms. The van der Waals surface area contributed by atoms with Gasteiger partial charge in [0.25, 0.3) is 0 Å². The molecule has 5 aromatic rings. The molecule has 0 saturated heterocycles. The second kappa shape index (κ2) is 6.81. The van der Waals surface area contributed by atoms with Crippen molar-refractivity contribution >= 4 is 28.0 Å². The predicted octanol–water partition coefficient (Wildman–Crippen LogP) is 5.98. The molecular weight excluding hydrogens is 378 g/mol. The zero-order valence-corrected chi connectivity index (χ0v) is 16.8. The molecule has 1 aromatic carbocycles. The second-order valence-corrected chi connectivity index (χ2v) is 8.71. The van der Waals surface area contributed by atoms with E-state index in [0.717, 1.165) is 33.0 Å². The lowest BCUT2D eigenvalue weighted by Gasteiger charge is -2.23. The Morgan fingerprint density at radius 1 is 1.03 bits per heavy atom. The lowest BCUT2D eigenvalue weighted by atomic mass is 9.95. The quantitative estimate of drug-likeness (QED) is 0.375. The van der Waals surface area contributed by atoms with Gasteiger partial charge < -0.3 is 8.97 Å². The summed E-state index contributed by atoms with van der Waals surface area (Å²) in [4.78, 5) is 15.4. The van der Waals surface area contributed by atoms with Crippen molar-refractivity contribution < 1.29 is 0 Å². The molecule has 1 aliphatic carbocycles. The molecule has 6 heteroatoms. The Morgan fingerprint density at radius 3 is 2.83 bits per heavy atom. The van der Waals surface area contributed by atoms with Crippen molar-refractivity contribution in [1.29, 1.82) is 0 Å². The highest BCUT2D eigenvalue weighted by atomic mass is 32.1. The van der Waals surface area contributed by atoms with Crippen molar-refractivity contribution in [3.63, 3.8) is 0 Å². The van der Waals surface area contributed by atoms with Crippen LogP contribution in [0.4, 0.5) is 0 Å². The van der Waals surface area contributed by atoms with E-state index in [9.17, 15) is 0 Å². The molecule has 0 radical (unpaired) electrons. The molecule has 0 N–H and O–H groups in total. The summed E-state index contributed by atoms with van der Waals surface area (Å²) < 4.78 is 4.43. The molecule has 0 amide bonds. The number of thiophene rings is 1. The van der Waals surface area contributed by atoms with Gasteiger partial charge in [0.15, 0.2) is 5.65 Å². The Morgan fingerprint density at radius 2 is 1.97 bits per heavy atom. The Bertz CT molecular complexity index is 1290. The fourth-order valence-electron chi connectivity index (χ4n) is 4.50. The molecule has 0 atom stereocenters. The summed E-state index contributed by atoms with van der Waals surface area (Å²) in [5.74, 6) is 0. The number of fused-ring (bicyclic) bond motifs is 2. The molecule has 0 unspecified atom stereocenters. The van der Waals surface area contributed by atoms with E-state index in [2.05, 4.69) is 49.7 Å². The van der Waals surface area contributed by atoms with Gasteiger partial charge in [-0.25, -0.2) is 15.0 Å². The maximum Gasteiger partial charge on any atom is 0.163 e. The summed E-state index contributed by atoms with van der Waals surface area (Å²) >= 11 is 1.70. The number of hydrogen-bond acceptors (Lipinski definition) is 4. The average Bonchev–Trinajstić information content (AvgIpc) is 3.53. The smallest absolute Gasteiger partial charge is 0.163 e. The number of rotatable bonds is 3. The van der Waals surface area contributed by atoms with Crippen molar-refractivity contribution in [2.75, 3.05) is 0 Å². The van der Waals surface area contributed by atoms with Crippen molar-refractivity contribution in [3.05, 3.63) is 60.6 Å². The highest BCUT2D eigenvalue weighted by molar-refractivity contribution is 7.13. The molecule has 1 aliphatic rings. The maximum absolute atomic E-state index is 4.98. The van der Waals surface area contributed by atoms with E-state index < -0.39 is 0 Å². The first kappa shape index (κ1) is 16.9. The number of benzene rings is 1. The van der Waals surface area contributed by atoms with E-state index in [-0.39, 0.29) is 0 Å². The minimum atomic E-state index is 0.582. The summed E-state index contributed by atoms with van der Waals surface area (Å²) in [7, 11) is 0. The van der Waals surface area contributed by atoms with Crippen LogP contribution in [0.5, 0.6) is 0 Å². The minimum Gasteiger partial charge on any atom is -0.327 e. The zero-order valence-electron chi connectivity index (χ0n) is 16.0. The van der Waals surface area contributed by atoms with Gasteiger partial charge in [0, 0.05) is 30.2 Å². The number of aromatic nitrogens is 5. The standard InChI is InChI=1S/C23H21N5S/c1-2-5-17(6-3-1)28-15-25-18-13-16(8-9-20(18)28)22-23-24-10-11-27(23)14-19(26-22)21-7-4-12-29-21/h4,7-15,17H,1-3,5-6H2. The number of nitrogens with zero attached hydrogens (tertiary/aromatic N) is 5. The van der Waals surface area contributed by atoms with Crippen LogP contribution >= 0.6 is 11.3 Å². The van der Waals surface area contributed by atoms with Gasteiger partial charge in [-0.1, -0.05) is 31.4 Å². The maximum atomic E-state index is 4.98. The first-order valence-electron chi connectivity index (χ1n) is 10.2. The Hall–Kier alpha value is -2.99. The van der Waals surface area contributed by atoms with Crippen molar-refractivity contribution in [2.45, 2.75) is 38.1 Å². The molecule has 144 valence electrons. The first-order valence-corrected chi connectivity index (χ1v) is 11.1. The topological polar surface area (TPSA) is 48.0 Å². The van der Waals surface area contributed by atoms with Crippen LogP contribution in [-0.4, -0.2) is 23.9 Å². The van der Waals surface area contributed by atoms with Gasteiger partial charge >= 0.3 is 0 Å². The molecule has 4 heterocycles. The predicted molar refractivity (Wildman–Crippen MR) is 117 cm³/mol. The normalized spacial score (nSPS) is 15.4. The van der Waals surface area contributed by atoms with Crippen LogP contribution in [0.2, 0.25) is 0 Å². The highest BCUT2D eigenvalue weighted by Gasteiger charge is 2.18. The third-order valence-electron chi connectivity index (χ3n) is 5.96. The van der Waals surface area contributed by atoms with Crippen LogP contribution in [-0.2, 0) is 0 Å². The fourth-order valence-corrected chi connectivity index (χ4v) is 5.18. The third-order valence-corrected chi connectivity index (χ3v) is 6.86. The molecule has 29 heavy (non-hydrogen) atoms. The minimum absolute atomic E-state index is 0.582. The molecular formula is C23H21N5S. The van der Waals surface area contributed by atoms with Crippen LogP contribution in [0.3, 0.4) is 0 Å². The van der Waals surface area contributed by atoms with Gasteiger partial charge in [-0.3, -0.25) is 0 Å². The second-order valence-electron chi connectivity index (χ2n) is 7.76. The summed E-state index contributed by atoms with van der Waals surface area (Å²) in [5, 5.41) is 2.08. The SMILES string of the molecule is c1csc(-c2cn3ccnc3c(-c3ccc4c(c3)ncn4C3CCCCC3)n2)c1. The average molecular weight is 400 g/mol. The van der Waals surface area contributed by atoms with Crippen molar-refractivity contribution in [1.82, 2.24) is 23.9 Å². The van der Waals surface area contributed by atoms with Gasteiger partial charge in [-0.05, 0) is 36.4 Å². The summed E-state index contributed by atoms with van der Waals surface area (Å²) in [6, 6.07) is 11.3. The zero-order chi connectivity index (χ0) is 19.2.